The van der Waals surface area contributed by atoms with Crippen LogP contribution < -0.4 is 15.2 Å². The Morgan fingerprint density at radius 3 is 2.62 bits per heavy atom. The van der Waals surface area contributed by atoms with Crippen molar-refractivity contribution in [2.45, 2.75) is 13.0 Å². The molecule has 2 aromatic carbocycles. The van der Waals surface area contributed by atoms with Crippen LogP contribution in [0, 0.1) is 5.82 Å². The van der Waals surface area contributed by atoms with E-state index in [1.165, 1.54) is 13.2 Å². The molecule has 0 amide bonds. The Hall–Kier alpha value is -1.78. The van der Waals surface area contributed by atoms with Gasteiger partial charge in [-0.05, 0) is 42.8 Å². The molecule has 0 saturated heterocycles. The molecule has 5 heteroatoms. The van der Waals surface area contributed by atoms with E-state index in [-0.39, 0.29) is 12.4 Å². The van der Waals surface area contributed by atoms with Gasteiger partial charge in [0.25, 0.3) is 0 Å². The molecule has 3 nitrogen and oxygen atoms in total. The monoisotopic (exact) mass is 309 g/mol. The highest BCUT2D eigenvalue weighted by Crippen LogP contribution is 2.27. The second kappa shape index (κ2) is 7.29. The van der Waals surface area contributed by atoms with Crippen LogP contribution in [0.2, 0.25) is 5.02 Å². The molecule has 2 aromatic rings. The van der Waals surface area contributed by atoms with Crippen LogP contribution in [0.1, 0.15) is 11.1 Å². The molecule has 0 fully saturated rings. The summed E-state index contributed by atoms with van der Waals surface area (Å²) in [7, 11) is 1.49. The first kappa shape index (κ1) is 15.6. The summed E-state index contributed by atoms with van der Waals surface area (Å²) in [5, 5.41) is 0.495. The molecule has 0 bridgehead atoms. The molecule has 0 aliphatic carbocycles. The molecule has 0 aliphatic heterocycles. The van der Waals surface area contributed by atoms with Crippen LogP contribution in [0.5, 0.6) is 11.5 Å². The Labute approximate surface area is 128 Å². The van der Waals surface area contributed by atoms with E-state index >= 15 is 0 Å². The molecule has 0 radical (unpaired) electrons. The first-order valence-electron chi connectivity index (χ1n) is 6.57. The van der Waals surface area contributed by atoms with Crippen molar-refractivity contribution < 1.29 is 13.9 Å². The van der Waals surface area contributed by atoms with Crippen molar-refractivity contribution in [2.24, 2.45) is 5.73 Å². The second-order valence-corrected chi connectivity index (χ2v) is 4.96. The zero-order valence-corrected chi connectivity index (χ0v) is 12.5. The van der Waals surface area contributed by atoms with Crippen LogP contribution in [-0.4, -0.2) is 13.7 Å². The molecule has 2 N–H and O–H groups in total. The lowest BCUT2D eigenvalue weighted by molar-refractivity contribution is 0.299. The zero-order chi connectivity index (χ0) is 15.2. The Morgan fingerprint density at radius 2 is 2.00 bits per heavy atom. The molecule has 2 rings (SSSR count). The Bertz CT molecular complexity index is 619. The first-order valence-corrected chi connectivity index (χ1v) is 6.95. The number of hydrogen-bond acceptors (Lipinski definition) is 3. The molecular formula is C16H17ClFNO2. The summed E-state index contributed by atoms with van der Waals surface area (Å²) >= 11 is 6.14. The SMILES string of the molecule is COc1ccc(COc2ccc(CCN)cc2Cl)c(F)c1. The molecule has 0 heterocycles. The van der Waals surface area contributed by atoms with Gasteiger partial charge in [-0.1, -0.05) is 17.7 Å². The summed E-state index contributed by atoms with van der Waals surface area (Å²) in [6.45, 7) is 0.666. The Balaban J connectivity index is 2.06. The largest absolute Gasteiger partial charge is 0.497 e. The van der Waals surface area contributed by atoms with E-state index in [1.807, 2.05) is 12.1 Å². The minimum absolute atomic E-state index is 0.103. The van der Waals surface area contributed by atoms with E-state index in [0.717, 1.165) is 12.0 Å². The lowest BCUT2D eigenvalue weighted by atomic mass is 10.1. The highest BCUT2D eigenvalue weighted by Gasteiger charge is 2.07. The topological polar surface area (TPSA) is 44.5 Å². The van der Waals surface area contributed by atoms with Gasteiger partial charge >= 0.3 is 0 Å². The quantitative estimate of drug-likeness (QED) is 0.887. The Morgan fingerprint density at radius 1 is 1.19 bits per heavy atom. The van der Waals surface area contributed by atoms with Crippen molar-refractivity contribution in [1.82, 2.24) is 0 Å². The highest BCUT2D eigenvalue weighted by atomic mass is 35.5. The molecular weight excluding hydrogens is 293 g/mol. The molecule has 0 atom stereocenters. The summed E-state index contributed by atoms with van der Waals surface area (Å²) < 4.78 is 24.3. The van der Waals surface area contributed by atoms with Gasteiger partial charge in [0.1, 0.15) is 23.9 Å². The number of nitrogens with two attached hydrogens (primary N) is 1. The fourth-order valence-corrected chi connectivity index (χ4v) is 2.17. The average Bonchev–Trinajstić information content (AvgIpc) is 2.48. The van der Waals surface area contributed by atoms with E-state index in [9.17, 15) is 4.39 Å². The minimum Gasteiger partial charge on any atom is -0.497 e. The maximum Gasteiger partial charge on any atom is 0.138 e. The van der Waals surface area contributed by atoms with Gasteiger partial charge in [-0.3, -0.25) is 0 Å². The molecule has 0 aromatic heterocycles. The third-order valence-corrected chi connectivity index (χ3v) is 3.37. The van der Waals surface area contributed by atoms with E-state index < -0.39 is 0 Å². The molecule has 112 valence electrons. The van der Waals surface area contributed by atoms with Gasteiger partial charge in [0.15, 0.2) is 0 Å². The van der Waals surface area contributed by atoms with Crippen LogP contribution >= 0.6 is 11.6 Å². The molecule has 0 saturated carbocycles. The average molecular weight is 310 g/mol. The normalized spacial score (nSPS) is 10.5. The maximum atomic E-state index is 13.8. The van der Waals surface area contributed by atoms with Gasteiger partial charge < -0.3 is 15.2 Å². The highest BCUT2D eigenvalue weighted by molar-refractivity contribution is 6.32. The number of methoxy groups -OCH3 is 1. The van der Waals surface area contributed by atoms with Crippen molar-refractivity contribution >= 4 is 11.6 Å². The van der Waals surface area contributed by atoms with Crippen molar-refractivity contribution in [3.63, 3.8) is 0 Å². The number of halogens is 2. The number of rotatable bonds is 6. The van der Waals surface area contributed by atoms with Crippen molar-refractivity contribution in [3.05, 3.63) is 58.4 Å². The van der Waals surface area contributed by atoms with Gasteiger partial charge in [0.05, 0.1) is 12.1 Å². The molecule has 21 heavy (non-hydrogen) atoms. The number of ether oxygens (including phenoxy) is 2. The van der Waals surface area contributed by atoms with Crippen molar-refractivity contribution in [3.8, 4) is 11.5 Å². The fraction of sp³-hybridized carbons (Fsp3) is 0.250. The van der Waals surface area contributed by atoms with Gasteiger partial charge in [-0.2, -0.15) is 0 Å². The van der Waals surface area contributed by atoms with Gasteiger partial charge in [0.2, 0.25) is 0 Å². The smallest absolute Gasteiger partial charge is 0.138 e. The third kappa shape index (κ3) is 4.09. The summed E-state index contributed by atoms with van der Waals surface area (Å²) in [5.74, 6) is 0.623. The second-order valence-electron chi connectivity index (χ2n) is 4.55. The van der Waals surface area contributed by atoms with Crippen LogP contribution in [0.4, 0.5) is 4.39 Å². The summed E-state index contributed by atoms with van der Waals surface area (Å²) in [6.07, 6.45) is 0.757. The predicted octanol–water partition coefficient (Wildman–Crippen LogP) is 3.57. The van der Waals surface area contributed by atoms with Gasteiger partial charge in [0, 0.05) is 11.6 Å². The van der Waals surface area contributed by atoms with E-state index in [1.54, 1.807) is 18.2 Å². The first-order chi connectivity index (χ1) is 10.1. The van der Waals surface area contributed by atoms with E-state index in [0.29, 0.717) is 28.6 Å². The van der Waals surface area contributed by atoms with Crippen LogP contribution in [0.15, 0.2) is 36.4 Å². The standard InChI is InChI=1S/C16H17ClFNO2/c1-20-13-4-3-12(15(18)9-13)10-21-16-5-2-11(6-7-19)8-14(16)17/h2-5,8-9H,6-7,10,19H2,1H3. The Kier molecular flexibility index (Phi) is 5.42. The van der Waals surface area contributed by atoms with Crippen molar-refractivity contribution in [2.75, 3.05) is 13.7 Å². The zero-order valence-electron chi connectivity index (χ0n) is 11.7. The number of hydrogen-bond donors (Lipinski definition) is 1. The van der Waals surface area contributed by atoms with Crippen LogP contribution in [0.25, 0.3) is 0 Å². The van der Waals surface area contributed by atoms with Crippen LogP contribution in [-0.2, 0) is 13.0 Å². The van der Waals surface area contributed by atoms with E-state index in [4.69, 9.17) is 26.8 Å². The lowest BCUT2D eigenvalue weighted by Crippen LogP contribution is -2.03. The molecule has 0 spiro atoms. The lowest BCUT2D eigenvalue weighted by Gasteiger charge is -2.10. The predicted molar refractivity (Wildman–Crippen MR) is 81.5 cm³/mol. The fourth-order valence-electron chi connectivity index (χ4n) is 1.91. The van der Waals surface area contributed by atoms with E-state index in [2.05, 4.69) is 0 Å². The van der Waals surface area contributed by atoms with Crippen molar-refractivity contribution in [1.29, 1.82) is 0 Å². The van der Waals surface area contributed by atoms with Gasteiger partial charge in [-0.15, -0.1) is 0 Å². The summed E-state index contributed by atoms with van der Waals surface area (Å²) in [6, 6.07) is 10.1. The molecule has 0 aliphatic rings. The van der Waals surface area contributed by atoms with Crippen LogP contribution in [0.3, 0.4) is 0 Å². The minimum atomic E-state index is -0.370. The van der Waals surface area contributed by atoms with Gasteiger partial charge in [-0.25, -0.2) is 4.39 Å². The molecule has 0 unspecified atom stereocenters. The third-order valence-electron chi connectivity index (χ3n) is 3.07. The summed E-state index contributed by atoms with van der Waals surface area (Å²) in [4.78, 5) is 0. The number of benzene rings is 2. The summed E-state index contributed by atoms with van der Waals surface area (Å²) in [5.41, 5.74) is 6.99. The maximum absolute atomic E-state index is 13.8.